The summed E-state index contributed by atoms with van der Waals surface area (Å²) in [7, 11) is 3.32. The first-order valence-electron chi connectivity index (χ1n) is 10.7. The van der Waals surface area contributed by atoms with Crippen molar-refractivity contribution in [1.29, 1.82) is 0 Å². The lowest BCUT2D eigenvalue weighted by molar-refractivity contribution is -0.141. The van der Waals surface area contributed by atoms with E-state index < -0.39 is 17.4 Å². The largest absolute Gasteiger partial charge is 0.433 e. The molecule has 1 amide bonds. The predicted molar refractivity (Wildman–Crippen MR) is 122 cm³/mol. The van der Waals surface area contributed by atoms with Gasteiger partial charge in [0, 0.05) is 38.7 Å². The number of aryl methyl sites for hydroxylation is 1. The molecule has 4 heterocycles. The van der Waals surface area contributed by atoms with Crippen LogP contribution in [0.5, 0.6) is 0 Å². The molecule has 4 rings (SSSR count). The topological polar surface area (TPSA) is 110 Å². The van der Waals surface area contributed by atoms with E-state index in [2.05, 4.69) is 30.7 Å². The van der Waals surface area contributed by atoms with E-state index in [1.165, 1.54) is 19.4 Å². The average Bonchev–Trinajstić information content (AvgIpc) is 3.24. The Kier molecular flexibility index (Phi) is 6.36. The van der Waals surface area contributed by atoms with Crippen molar-refractivity contribution in [3.63, 3.8) is 0 Å². The van der Waals surface area contributed by atoms with Gasteiger partial charge >= 0.3 is 6.18 Å². The monoisotopic (exact) mass is 490 g/mol. The Hall–Kier alpha value is -3.74. The zero-order valence-corrected chi connectivity index (χ0v) is 19.6. The van der Waals surface area contributed by atoms with E-state index in [9.17, 15) is 18.0 Å². The van der Waals surface area contributed by atoms with E-state index in [0.29, 0.717) is 35.3 Å². The molecular formula is C22H25F3N8O2. The number of anilines is 3. The summed E-state index contributed by atoms with van der Waals surface area (Å²) in [5.74, 6) is 0.755. The highest BCUT2D eigenvalue weighted by atomic mass is 19.4. The van der Waals surface area contributed by atoms with Crippen molar-refractivity contribution in [3.8, 4) is 0 Å². The zero-order valence-electron chi connectivity index (χ0n) is 19.6. The Morgan fingerprint density at radius 1 is 1.20 bits per heavy atom. The minimum atomic E-state index is -4.47. The van der Waals surface area contributed by atoms with Gasteiger partial charge in [0.2, 0.25) is 5.95 Å². The lowest BCUT2D eigenvalue weighted by atomic mass is 9.97. The number of nitrogens with one attached hydrogen (secondary N) is 2. The summed E-state index contributed by atoms with van der Waals surface area (Å²) in [6.45, 7) is 4.40. The van der Waals surface area contributed by atoms with Crippen LogP contribution in [0.25, 0.3) is 0 Å². The van der Waals surface area contributed by atoms with E-state index >= 15 is 0 Å². The van der Waals surface area contributed by atoms with Crippen molar-refractivity contribution >= 4 is 23.4 Å². The van der Waals surface area contributed by atoms with Gasteiger partial charge in [0.1, 0.15) is 16.9 Å². The summed E-state index contributed by atoms with van der Waals surface area (Å²) < 4.78 is 44.9. The third kappa shape index (κ3) is 4.90. The minimum absolute atomic E-state index is 0.189. The van der Waals surface area contributed by atoms with Gasteiger partial charge in [-0.05, 0) is 25.5 Å². The number of aromatic nitrogens is 5. The van der Waals surface area contributed by atoms with Crippen LogP contribution in [0.1, 0.15) is 29.4 Å². The number of carbonyl (C=O) groups is 1. The summed E-state index contributed by atoms with van der Waals surface area (Å²) >= 11 is 0. The number of alkyl halides is 3. The molecule has 3 aromatic heterocycles. The fraction of sp³-hybridized carbons (Fsp3) is 0.409. The number of amides is 1. The van der Waals surface area contributed by atoms with Crippen molar-refractivity contribution < 1.29 is 22.7 Å². The molecule has 0 saturated carbocycles. The molecule has 186 valence electrons. The normalized spacial score (nSPS) is 17.8. The summed E-state index contributed by atoms with van der Waals surface area (Å²) in [5, 5.41) is 10.3. The highest BCUT2D eigenvalue weighted by Gasteiger charge is 2.44. The maximum absolute atomic E-state index is 12.7. The molecule has 0 aliphatic carbocycles. The first kappa shape index (κ1) is 24.4. The van der Waals surface area contributed by atoms with Crippen molar-refractivity contribution in [2.24, 2.45) is 0 Å². The Balaban J connectivity index is 1.44. The van der Waals surface area contributed by atoms with E-state index in [1.807, 2.05) is 0 Å². The Morgan fingerprint density at radius 2 is 1.97 bits per heavy atom. The molecule has 0 radical (unpaired) electrons. The number of fused-ring (bicyclic) bond motifs is 1. The van der Waals surface area contributed by atoms with E-state index in [1.54, 1.807) is 42.9 Å². The van der Waals surface area contributed by atoms with Crippen molar-refractivity contribution in [1.82, 2.24) is 24.7 Å². The molecule has 0 bridgehead atoms. The number of carbonyl (C=O) groups excluding carboxylic acids is 1. The van der Waals surface area contributed by atoms with Gasteiger partial charge in [-0.3, -0.25) is 14.5 Å². The molecule has 0 saturated heterocycles. The maximum atomic E-state index is 12.7. The van der Waals surface area contributed by atoms with Crippen molar-refractivity contribution in [2.75, 3.05) is 36.3 Å². The van der Waals surface area contributed by atoms with Crippen LogP contribution in [0.2, 0.25) is 0 Å². The molecule has 10 nitrogen and oxygen atoms in total. The third-order valence-electron chi connectivity index (χ3n) is 5.88. The quantitative estimate of drug-likeness (QED) is 0.520. The summed E-state index contributed by atoms with van der Waals surface area (Å²) in [4.78, 5) is 26.9. The molecule has 1 aliphatic rings. The second-order valence-corrected chi connectivity index (χ2v) is 8.50. The molecule has 1 aliphatic heterocycles. The number of methoxy groups -OCH3 is 1. The second kappa shape index (κ2) is 9.13. The second-order valence-electron chi connectivity index (χ2n) is 8.50. The molecule has 3 aromatic rings. The minimum Gasteiger partial charge on any atom is -0.382 e. The highest BCUT2D eigenvalue weighted by molar-refractivity contribution is 6.06. The smallest absolute Gasteiger partial charge is 0.382 e. The predicted octanol–water partition coefficient (Wildman–Crippen LogP) is 2.85. The van der Waals surface area contributed by atoms with E-state index in [-0.39, 0.29) is 19.1 Å². The van der Waals surface area contributed by atoms with Crippen LogP contribution in [0, 0.1) is 6.92 Å². The first-order valence-corrected chi connectivity index (χ1v) is 10.7. The van der Waals surface area contributed by atoms with Crippen LogP contribution in [0.15, 0.2) is 30.7 Å². The number of hydrogen-bond donors (Lipinski definition) is 2. The van der Waals surface area contributed by atoms with Gasteiger partial charge in [-0.25, -0.2) is 4.98 Å². The standard InChI is InChI=1S/C22H25F3N8O2/c1-13-17-18(32(3)21(2,12-35-4)19(34)30-17)31-20(29-13)27-8-15-9-28-33(11-15)10-14-5-6-16(26-7-14)22(23,24)25/h5-7,9,11H,8,10,12H2,1-4H3,(H,30,34)(H,27,29,31). The average molecular weight is 490 g/mol. The SMILES string of the molecule is COCC1(C)C(=O)Nc2c(C)nc(NCc3cnn(Cc4ccc(C(F)(F)F)nc4)c3)nc2N1C. The van der Waals surface area contributed by atoms with E-state index in [4.69, 9.17) is 4.74 Å². The van der Waals surface area contributed by atoms with Gasteiger partial charge in [-0.2, -0.15) is 23.3 Å². The number of likely N-dealkylation sites (N-methyl/N-ethyl adjacent to an activating group) is 1. The molecule has 0 aromatic carbocycles. The number of halogens is 3. The van der Waals surface area contributed by atoms with Crippen molar-refractivity contribution in [2.45, 2.75) is 38.7 Å². The van der Waals surface area contributed by atoms with Crippen LogP contribution in [-0.4, -0.2) is 56.9 Å². The maximum Gasteiger partial charge on any atom is 0.433 e. The molecule has 0 fully saturated rings. The number of nitrogens with zero attached hydrogens (tertiary/aromatic N) is 6. The lowest BCUT2D eigenvalue weighted by Gasteiger charge is -2.42. The van der Waals surface area contributed by atoms with Crippen LogP contribution >= 0.6 is 0 Å². The van der Waals surface area contributed by atoms with Gasteiger partial charge in [-0.1, -0.05) is 6.07 Å². The molecule has 1 atom stereocenters. The van der Waals surface area contributed by atoms with Gasteiger partial charge in [0.25, 0.3) is 5.91 Å². The summed E-state index contributed by atoms with van der Waals surface area (Å²) in [6, 6.07) is 2.33. The highest BCUT2D eigenvalue weighted by Crippen LogP contribution is 2.36. The molecule has 13 heteroatoms. The zero-order chi connectivity index (χ0) is 25.4. The lowest BCUT2D eigenvalue weighted by Crippen LogP contribution is -2.59. The van der Waals surface area contributed by atoms with Crippen molar-refractivity contribution in [3.05, 3.63) is 53.2 Å². The molecule has 35 heavy (non-hydrogen) atoms. The summed E-state index contributed by atoms with van der Waals surface area (Å²) in [5.41, 5.74) is 0.735. The first-order chi connectivity index (χ1) is 16.5. The van der Waals surface area contributed by atoms with Gasteiger partial charge in [0.05, 0.1) is 25.0 Å². The van der Waals surface area contributed by atoms with Gasteiger partial charge in [0.15, 0.2) is 5.82 Å². The van der Waals surface area contributed by atoms with Gasteiger partial charge in [-0.15, -0.1) is 0 Å². The summed E-state index contributed by atoms with van der Waals surface area (Å²) in [6.07, 6.45) is 0.150. The number of ether oxygens (including phenoxy) is 1. The van der Waals surface area contributed by atoms with Gasteiger partial charge < -0.3 is 20.3 Å². The van der Waals surface area contributed by atoms with E-state index in [0.717, 1.165) is 11.6 Å². The Bertz CT molecular complexity index is 1230. The van der Waals surface area contributed by atoms with Crippen LogP contribution < -0.4 is 15.5 Å². The molecule has 2 N–H and O–H groups in total. The molecular weight excluding hydrogens is 465 g/mol. The third-order valence-corrected chi connectivity index (χ3v) is 5.88. The Labute approximate surface area is 199 Å². The fourth-order valence-electron chi connectivity index (χ4n) is 3.74. The molecule has 0 spiro atoms. The Morgan fingerprint density at radius 3 is 2.63 bits per heavy atom. The van der Waals surface area contributed by atoms with Crippen LogP contribution in [0.3, 0.4) is 0 Å². The number of pyridine rings is 1. The number of rotatable bonds is 7. The van der Waals surface area contributed by atoms with Crippen LogP contribution in [0.4, 0.5) is 30.6 Å². The van der Waals surface area contributed by atoms with Crippen LogP contribution in [-0.2, 0) is 28.8 Å². The number of hydrogen-bond acceptors (Lipinski definition) is 8. The fourth-order valence-corrected chi connectivity index (χ4v) is 3.74. The molecule has 1 unspecified atom stereocenters.